The summed E-state index contributed by atoms with van der Waals surface area (Å²) in [4.78, 5) is 22.8. The SMILES string of the molecule is CSCCC(NC(=O)CC(C)C(C)(C)C)C(=O)O. The molecule has 0 bridgehead atoms. The maximum absolute atomic E-state index is 11.8. The van der Waals surface area contributed by atoms with E-state index < -0.39 is 12.0 Å². The first-order valence-electron chi connectivity index (χ1n) is 6.19. The molecule has 0 aliphatic carbocycles. The van der Waals surface area contributed by atoms with Crippen LogP contribution in [0.1, 0.15) is 40.5 Å². The summed E-state index contributed by atoms with van der Waals surface area (Å²) >= 11 is 1.58. The highest BCUT2D eigenvalue weighted by atomic mass is 32.2. The van der Waals surface area contributed by atoms with E-state index in [-0.39, 0.29) is 17.2 Å². The Balaban J connectivity index is 4.30. The molecule has 4 nitrogen and oxygen atoms in total. The lowest BCUT2D eigenvalue weighted by molar-refractivity contribution is -0.142. The standard InChI is InChI=1S/C13H25NO3S/c1-9(13(2,3)4)8-11(15)14-10(12(16)17)6-7-18-5/h9-10H,6-8H2,1-5H3,(H,14,15)(H,16,17). The van der Waals surface area contributed by atoms with E-state index in [4.69, 9.17) is 5.11 Å². The number of carboxylic acid groups (broad SMARTS) is 1. The van der Waals surface area contributed by atoms with Crippen molar-refractivity contribution in [2.75, 3.05) is 12.0 Å². The monoisotopic (exact) mass is 275 g/mol. The van der Waals surface area contributed by atoms with Gasteiger partial charge in [-0.15, -0.1) is 0 Å². The summed E-state index contributed by atoms with van der Waals surface area (Å²) in [6, 6.07) is -0.767. The third-order valence-electron chi connectivity index (χ3n) is 3.21. The van der Waals surface area contributed by atoms with Crippen LogP contribution in [-0.4, -0.2) is 35.0 Å². The maximum Gasteiger partial charge on any atom is 0.326 e. The number of rotatable bonds is 7. The van der Waals surface area contributed by atoms with E-state index >= 15 is 0 Å². The number of hydrogen-bond donors (Lipinski definition) is 2. The summed E-state index contributed by atoms with van der Waals surface area (Å²) in [5.41, 5.74) is 0.0509. The van der Waals surface area contributed by atoms with E-state index in [9.17, 15) is 9.59 Å². The average molecular weight is 275 g/mol. The van der Waals surface area contributed by atoms with Crippen LogP contribution in [0.4, 0.5) is 0 Å². The Hall–Kier alpha value is -0.710. The Bertz CT molecular complexity index is 286. The molecule has 5 heteroatoms. The van der Waals surface area contributed by atoms with Crippen LogP contribution in [-0.2, 0) is 9.59 Å². The van der Waals surface area contributed by atoms with Crippen molar-refractivity contribution in [1.82, 2.24) is 5.32 Å². The molecule has 0 radical (unpaired) electrons. The number of carboxylic acids is 1. The van der Waals surface area contributed by atoms with Gasteiger partial charge in [-0.05, 0) is 29.8 Å². The highest BCUT2D eigenvalue weighted by Gasteiger charge is 2.25. The second-order valence-electron chi connectivity index (χ2n) is 5.71. The molecule has 0 aromatic rings. The van der Waals surface area contributed by atoms with Gasteiger partial charge in [0.25, 0.3) is 0 Å². The smallest absolute Gasteiger partial charge is 0.326 e. The largest absolute Gasteiger partial charge is 0.480 e. The van der Waals surface area contributed by atoms with Crippen LogP contribution in [0.5, 0.6) is 0 Å². The van der Waals surface area contributed by atoms with Crippen LogP contribution in [0.15, 0.2) is 0 Å². The molecule has 0 aliphatic heterocycles. The third-order valence-corrected chi connectivity index (χ3v) is 3.86. The van der Waals surface area contributed by atoms with E-state index in [0.717, 1.165) is 5.75 Å². The van der Waals surface area contributed by atoms with E-state index in [1.807, 2.05) is 13.2 Å². The van der Waals surface area contributed by atoms with E-state index in [1.54, 1.807) is 11.8 Å². The normalized spacial score (nSPS) is 14.9. The highest BCUT2D eigenvalue weighted by molar-refractivity contribution is 7.98. The molecule has 106 valence electrons. The van der Waals surface area contributed by atoms with Gasteiger partial charge in [-0.25, -0.2) is 4.79 Å². The van der Waals surface area contributed by atoms with Gasteiger partial charge in [-0.2, -0.15) is 11.8 Å². The molecular weight excluding hydrogens is 250 g/mol. The van der Waals surface area contributed by atoms with Crippen LogP contribution in [0.2, 0.25) is 0 Å². The molecule has 2 N–H and O–H groups in total. The van der Waals surface area contributed by atoms with Gasteiger partial charge < -0.3 is 10.4 Å². The van der Waals surface area contributed by atoms with Crippen molar-refractivity contribution in [1.29, 1.82) is 0 Å². The highest BCUT2D eigenvalue weighted by Crippen LogP contribution is 2.27. The minimum absolute atomic E-state index is 0.0509. The first kappa shape index (κ1) is 17.3. The first-order valence-corrected chi connectivity index (χ1v) is 7.59. The van der Waals surface area contributed by atoms with Gasteiger partial charge in [0, 0.05) is 6.42 Å². The fourth-order valence-corrected chi connectivity index (χ4v) is 1.80. The summed E-state index contributed by atoms with van der Waals surface area (Å²) in [6.07, 6.45) is 2.75. The number of amides is 1. The average Bonchev–Trinajstić information content (AvgIpc) is 2.22. The van der Waals surface area contributed by atoms with E-state index in [1.165, 1.54) is 0 Å². The molecule has 1 amide bonds. The van der Waals surface area contributed by atoms with Crippen LogP contribution < -0.4 is 5.32 Å². The third kappa shape index (κ3) is 6.89. The van der Waals surface area contributed by atoms with Crippen molar-refractivity contribution < 1.29 is 14.7 Å². The zero-order valence-electron chi connectivity index (χ0n) is 11.9. The molecule has 2 unspecified atom stereocenters. The predicted octanol–water partition coefficient (Wildman–Crippen LogP) is 2.38. The van der Waals surface area contributed by atoms with Gasteiger partial charge in [0.1, 0.15) is 6.04 Å². The fourth-order valence-electron chi connectivity index (χ4n) is 1.33. The maximum atomic E-state index is 11.8. The van der Waals surface area contributed by atoms with Crippen molar-refractivity contribution in [3.63, 3.8) is 0 Å². The summed E-state index contributed by atoms with van der Waals surface area (Å²) in [6.45, 7) is 8.24. The van der Waals surface area contributed by atoms with Crippen LogP contribution in [0.25, 0.3) is 0 Å². The number of nitrogens with one attached hydrogen (secondary N) is 1. The predicted molar refractivity (Wildman–Crippen MR) is 75.8 cm³/mol. The number of hydrogen-bond acceptors (Lipinski definition) is 3. The Morgan fingerprint density at radius 3 is 2.28 bits per heavy atom. The lowest BCUT2D eigenvalue weighted by Crippen LogP contribution is -2.42. The minimum Gasteiger partial charge on any atom is -0.480 e. The second kappa shape index (κ2) is 7.67. The second-order valence-corrected chi connectivity index (χ2v) is 6.70. The van der Waals surface area contributed by atoms with Gasteiger partial charge in [-0.3, -0.25) is 4.79 Å². The summed E-state index contributed by atoms with van der Waals surface area (Å²) in [5, 5.41) is 11.6. The lowest BCUT2D eigenvalue weighted by Gasteiger charge is -2.27. The van der Waals surface area contributed by atoms with Gasteiger partial charge in [0.2, 0.25) is 5.91 Å². The number of thioether (sulfide) groups is 1. The Morgan fingerprint density at radius 2 is 1.89 bits per heavy atom. The van der Waals surface area contributed by atoms with E-state index in [2.05, 4.69) is 26.1 Å². The van der Waals surface area contributed by atoms with Crippen molar-refractivity contribution >= 4 is 23.6 Å². The zero-order chi connectivity index (χ0) is 14.3. The summed E-state index contributed by atoms with van der Waals surface area (Å²) in [7, 11) is 0. The van der Waals surface area contributed by atoms with Gasteiger partial charge in [0.05, 0.1) is 0 Å². The van der Waals surface area contributed by atoms with E-state index in [0.29, 0.717) is 12.8 Å². The summed E-state index contributed by atoms with van der Waals surface area (Å²) < 4.78 is 0. The topological polar surface area (TPSA) is 66.4 Å². The molecule has 0 aliphatic rings. The molecule has 0 saturated heterocycles. The lowest BCUT2D eigenvalue weighted by atomic mass is 9.80. The van der Waals surface area contributed by atoms with Crippen LogP contribution >= 0.6 is 11.8 Å². The van der Waals surface area contributed by atoms with Crippen LogP contribution in [0, 0.1) is 11.3 Å². The molecule has 0 aromatic heterocycles. The zero-order valence-corrected chi connectivity index (χ0v) is 12.8. The number of aliphatic carboxylic acids is 1. The number of carbonyl (C=O) groups is 2. The molecular formula is C13H25NO3S. The Kier molecular flexibility index (Phi) is 7.36. The molecule has 0 fully saturated rings. The van der Waals surface area contributed by atoms with Crippen molar-refractivity contribution in [3.8, 4) is 0 Å². The van der Waals surface area contributed by atoms with Gasteiger partial charge in [0.15, 0.2) is 0 Å². The molecule has 18 heavy (non-hydrogen) atoms. The van der Waals surface area contributed by atoms with Gasteiger partial charge >= 0.3 is 5.97 Å². The molecule has 0 spiro atoms. The molecule has 0 heterocycles. The Morgan fingerprint density at radius 1 is 1.33 bits per heavy atom. The number of carbonyl (C=O) groups excluding carboxylic acids is 1. The molecule has 0 rings (SSSR count). The minimum atomic E-state index is -0.958. The molecule has 0 aromatic carbocycles. The van der Waals surface area contributed by atoms with Crippen molar-refractivity contribution in [2.45, 2.75) is 46.6 Å². The molecule has 0 saturated carbocycles. The molecule has 2 atom stereocenters. The van der Waals surface area contributed by atoms with Crippen LogP contribution in [0.3, 0.4) is 0 Å². The quantitative estimate of drug-likeness (QED) is 0.748. The first-order chi connectivity index (χ1) is 8.18. The van der Waals surface area contributed by atoms with Gasteiger partial charge in [-0.1, -0.05) is 27.7 Å². The van der Waals surface area contributed by atoms with Crippen molar-refractivity contribution in [3.05, 3.63) is 0 Å². The Labute approximate surface area is 114 Å². The summed E-state index contributed by atoms with van der Waals surface area (Å²) in [5.74, 6) is -0.189. The fraction of sp³-hybridized carbons (Fsp3) is 0.846. The van der Waals surface area contributed by atoms with Crippen molar-refractivity contribution in [2.24, 2.45) is 11.3 Å².